The highest BCUT2D eigenvalue weighted by atomic mass is 32.2. The third-order valence-corrected chi connectivity index (χ3v) is 6.66. The van der Waals surface area contributed by atoms with E-state index in [2.05, 4.69) is 34.9 Å². The first-order chi connectivity index (χ1) is 18.4. The third-order valence-electron chi connectivity index (χ3n) is 5.60. The van der Waals surface area contributed by atoms with Crippen molar-refractivity contribution in [2.45, 2.75) is 19.7 Å². The molecule has 0 aliphatic carbocycles. The SMILES string of the molecule is Cc1ncccc1N1CCCS/C1=N\N=C\c1ccc(-c2ncn(-c3ccc(OC(F)(F)F)cc3)n2)cc1. The van der Waals surface area contributed by atoms with Crippen LogP contribution in [0.3, 0.4) is 0 Å². The lowest BCUT2D eigenvalue weighted by atomic mass is 10.1. The fourth-order valence-electron chi connectivity index (χ4n) is 3.81. The molecule has 4 aromatic rings. The summed E-state index contributed by atoms with van der Waals surface area (Å²) in [5, 5.41) is 14.0. The van der Waals surface area contributed by atoms with E-state index in [1.165, 1.54) is 35.3 Å². The minimum absolute atomic E-state index is 0.300. The molecule has 0 amide bonds. The summed E-state index contributed by atoms with van der Waals surface area (Å²) >= 11 is 1.67. The number of amidine groups is 1. The molecule has 0 spiro atoms. The van der Waals surface area contributed by atoms with Gasteiger partial charge < -0.3 is 9.64 Å². The number of hydrogen-bond acceptors (Lipinski definition) is 7. The summed E-state index contributed by atoms with van der Waals surface area (Å²) < 4.78 is 42.5. The zero-order valence-corrected chi connectivity index (χ0v) is 21.0. The average molecular weight is 538 g/mol. The number of aryl methyl sites for hydroxylation is 1. The van der Waals surface area contributed by atoms with Gasteiger partial charge in [0, 0.05) is 24.1 Å². The maximum atomic E-state index is 12.4. The number of benzene rings is 2. The smallest absolute Gasteiger partial charge is 0.406 e. The van der Waals surface area contributed by atoms with Gasteiger partial charge in [0.25, 0.3) is 0 Å². The minimum Gasteiger partial charge on any atom is -0.406 e. The van der Waals surface area contributed by atoms with Gasteiger partial charge in [-0.15, -0.1) is 23.4 Å². The van der Waals surface area contributed by atoms with Crippen molar-refractivity contribution in [2.75, 3.05) is 17.2 Å². The van der Waals surface area contributed by atoms with Gasteiger partial charge in [-0.25, -0.2) is 9.67 Å². The Morgan fingerprint density at radius 1 is 1.03 bits per heavy atom. The first-order valence-corrected chi connectivity index (χ1v) is 12.7. The van der Waals surface area contributed by atoms with Crippen molar-refractivity contribution in [1.82, 2.24) is 19.7 Å². The van der Waals surface area contributed by atoms with Crippen molar-refractivity contribution in [2.24, 2.45) is 10.2 Å². The lowest BCUT2D eigenvalue weighted by Gasteiger charge is -2.29. The molecule has 0 N–H and O–H groups in total. The van der Waals surface area contributed by atoms with Crippen LogP contribution in [0.25, 0.3) is 17.1 Å². The summed E-state index contributed by atoms with van der Waals surface area (Å²) in [5.41, 5.74) is 4.19. The van der Waals surface area contributed by atoms with Crippen LogP contribution in [-0.4, -0.2) is 49.8 Å². The molecule has 0 bridgehead atoms. The number of aromatic nitrogens is 4. The number of rotatable bonds is 6. The van der Waals surface area contributed by atoms with Crippen molar-refractivity contribution in [3.05, 3.63) is 84.4 Å². The Hall–Kier alpha value is -4.19. The summed E-state index contributed by atoms with van der Waals surface area (Å²) in [6, 6.07) is 16.9. The van der Waals surface area contributed by atoms with Crippen LogP contribution in [0.15, 0.2) is 83.4 Å². The highest BCUT2D eigenvalue weighted by Gasteiger charge is 2.31. The van der Waals surface area contributed by atoms with E-state index < -0.39 is 6.36 Å². The molecule has 194 valence electrons. The second-order valence-corrected chi connectivity index (χ2v) is 9.33. The van der Waals surface area contributed by atoms with Crippen LogP contribution in [0.1, 0.15) is 17.7 Å². The standard InChI is InChI=1S/C26H22F3N7OS/c1-18-23(4-2-13-30-18)35-14-3-15-38-25(35)33-32-16-19-5-7-20(8-6-19)24-31-17-36(34-24)21-9-11-22(12-10-21)37-26(27,28)29/h2,4-13,16-17H,3,14-15H2,1H3/b32-16+,33-25-. The summed E-state index contributed by atoms with van der Waals surface area (Å²) in [6.07, 6.45) is 1.29. The van der Waals surface area contributed by atoms with Crippen LogP contribution in [-0.2, 0) is 0 Å². The van der Waals surface area contributed by atoms with Crippen molar-refractivity contribution >= 4 is 28.8 Å². The number of thioether (sulfide) groups is 1. The highest BCUT2D eigenvalue weighted by Crippen LogP contribution is 2.27. The molecule has 0 radical (unpaired) electrons. The maximum Gasteiger partial charge on any atom is 0.573 e. The quantitative estimate of drug-likeness (QED) is 0.226. The van der Waals surface area contributed by atoms with Crippen molar-refractivity contribution in [3.63, 3.8) is 0 Å². The number of halogens is 3. The van der Waals surface area contributed by atoms with Crippen LogP contribution in [0, 0.1) is 6.92 Å². The molecule has 38 heavy (non-hydrogen) atoms. The Bertz CT molecular complexity index is 1450. The number of hydrogen-bond donors (Lipinski definition) is 0. The summed E-state index contributed by atoms with van der Waals surface area (Å²) in [6.45, 7) is 2.85. The predicted octanol–water partition coefficient (Wildman–Crippen LogP) is 5.87. The molecule has 0 atom stereocenters. The molecule has 12 heteroatoms. The molecule has 1 saturated heterocycles. The molecule has 3 heterocycles. The van der Waals surface area contributed by atoms with Crippen molar-refractivity contribution < 1.29 is 17.9 Å². The zero-order chi connectivity index (χ0) is 26.5. The molecule has 1 aliphatic rings. The molecule has 1 fully saturated rings. The van der Waals surface area contributed by atoms with Gasteiger partial charge in [0.15, 0.2) is 11.0 Å². The maximum absolute atomic E-state index is 12.4. The van der Waals surface area contributed by atoms with E-state index >= 15 is 0 Å². The Balaban J connectivity index is 1.26. The van der Waals surface area contributed by atoms with E-state index in [4.69, 9.17) is 0 Å². The number of ether oxygens (including phenoxy) is 1. The van der Waals surface area contributed by atoms with Crippen molar-refractivity contribution in [3.8, 4) is 22.8 Å². The topological polar surface area (TPSA) is 80.8 Å². The number of alkyl halides is 3. The molecular formula is C26H22F3N7OS. The Morgan fingerprint density at radius 2 is 1.82 bits per heavy atom. The molecule has 8 nitrogen and oxygen atoms in total. The largest absolute Gasteiger partial charge is 0.573 e. The Kier molecular flexibility index (Phi) is 7.40. The van der Waals surface area contributed by atoms with Gasteiger partial charge >= 0.3 is 6.36 Å². The van der Waals surface area contributed by atoms with Crippen LogP contribution in [0.5, 0.6) is 5.75 Å². The van der Waals surface area contributed by atoms with Gasteiger partial charge in [-0.05, 0) is 55.3 Å². The number of nitrogens with zero attached hydrogens (tertiary/aromatic N) is 7. The third kappa shape index (κ3) is 6.20. The predicted molar refractivity (Wildman–Crippen MR) is 142 cm³/mol. The first-order valence-electron chi connectivity index (χ1n) is 11.7. The van der Waals surface area contributed by atoms with Gasteiger partial charge in [0.1, 0.15) is 12.1 Å². The fraction of sp³-hybridized carbons (Fsp3) is 0.192. The second-order valence-electron chi connectivity index (χ2n) is 8.27. The molecule has 0 saturated carbocycles. The van der Waals surface area contributed by atoms with E-state index in [1.54, 1.807) is 24.2 Å². The lowest BCUT2D eigenvalue weighted by Crippen LogP contribution is -2.34. The van der Waals surface area contributed by atoms with Gasteiger partial charge in [-0.3, -0.25) is 4.98 Å². The van der Waals surface area contributed by atoms with Crippen molar-refractivity contribution in [1.29, 1.82) is 0 Å². The summed E-state index contributed by atoms with van der Waals surface area (Å²) in [5.74, 6) is 1.17. The normalized spacial score (nSPS) is 15.4. The molecular weight excluding hydrogens is 515 g/mol. The monoisotopic (exact) mass is 537 g/mol. The van der Waals surface area contributed by atoms with E-state index in [9.17, 15) is 13.2 Å². The van der Waals surface area contributed by atoms with E-state index in [0.717, 1.165) is 46.4 Å². The van der Waals surface area contributed by atoms with Crippen LogP contribution >= 0.6 is 11.8 Å². The van der Waals surface area contributed by atoms with Gasteiger partial charge in [0.05, 0.1) is 23.3 Å². The highest BCUT2D eigenvalue weighted by molar-refractivity contribution is 8.14. The molecule has 2 aromatic heterocycles. The van der Waals surface area contributed by atoms with Crippen LogP contribution in [0.4, 0.5) is 18.9 Å². The number of anilines is 1. The van der Waals surface area contributed by atoms with Gasteiger partial charge in [-0.2, -0.15) is 5.10 Å². The second kappa shape index (κ2) is 11.1. The summed E-state index contributed by atoms with van der Waals surface area (Å²) in [4.78, 5) is 10.8. The Morgan fingerprint density at radius 3 is 2.55 bits per heavy atom. The van der Waals surface area contributed by atoms with Gasteiger partial charge in [0.2, 0.25) is 0 Å². The average Bonchev–Trinajstić information content (AvgIpc) is 3.40. The van der Waals surface area contributed by atoms with Crippen LogP contribution < -0.4 is 9.64 Å². The first kappa shape index (κ1) is 25.5. The Labute approximate surface area is 220 Å². The van der Waals surface area contributed by atoms with E-state index in [0.29, 0.717) is 11.5 Å². The molecule has 0 unspecified atom stereocenters. The van der Waals surface area contributed by atoms with Gasteiger partial charge in [-0.1, -0.05) is 36.0 Å². The summed E-state index contributed by atoms with van der Waals surface area (Å²) in [7, 11) is 0. The van der Waals surface area contributed by atoms with Crippen LogP contribution in [0.2, 0.25) is 0 Å². The molecule has 1 aliphatic heterocycles. The number of pyridine rings is 1. The minimum atomic E-state index is -4.74. The molecule has 2 aromatic carbocycles. The van der Waals surface area contributed by atoms with E-state index in [1.807, 2.05) is 43.3 Å². The lowest BCUT2D eigenvalue weighted by molar-refractivity contribution is -0.274. The molecule has 5 rings (SSSR count). The van der Waals surface area contributed by atoms with E-state index in [-0.39, 0.29) is 5.75 Å². The fourth-order valence-corrected chi connectivity index (χ4v) is 4.72. The zero-order valence-electron chi connectivity index (χ0n) is 20.2.